The van der Waals surface area contributed by atoms with Gasteiger partial charge in [-0.2, -0.15) is 0 Å². The van der Waals surface area contributed by atoms with Crippen molar-refractivity contribution in [2.24, 2.45) is 0 Å². The number of para-hydroxylation sites is 4. The number of hydrogen-bond donors (Lipinski definition) is 0. The maximum atomic E-state index is 6.70. The van der Waals surface area contributed by atoms with Crippen LogP contribution in [0.15, 0.2) is 590 Å². The summed E-state index contributed by atoms with van der Waals surface area (Å²) in [6, 6.07) is 204. The number of nitrogens with zero attached hydrogens (tertiary/aromatic N) is 3. The standard InChI is InChI=1S/C54H37NO.C48H33NO.C36H25NO/c1-4-12-38(13-5-1)41-26-32-46(33-27-41)55(47-34-28-42(29-35-47)39-14-6-2-7-15-39)48-36-30-43(31-37-48)40-22-24-45(25-23-40)50-19-11-21-52-51-20-10-18-49(53(51)56-54(50)52)44-16-8-3-9-17-44;1-4-11-34(12-5-1)36-19-26-41(27-20-36)49(42-28-21-37(22-29-42)35-13-6-2-7-14-35)43-30-23-38(24-31-43)40-25-32-47-46(33-40)45-18-10-17-44(48(45)50-47)39-15-8-3-9-16-39;1-4-10-26(11-5-1)28-16-19-31(20-17-28)37(30-14-8-3-9-15-30)32-21-23-34-33-22-18-29(27-12-6-2-7-13-27)24-35(33)38-36(34)25-32/h1-37H;1-33H;1-25H. The van der Waals surface area contributed by atoms with E-state index in [0.29, 0.717) is 0 Å². The van der Waals surface area contributed by atoms with Crippen molar-refractivity contribution in [1.82, 2.24) is 0 Å². The zero-order valence-electron chi connectivity index (χ0n) is 78.9. The fourth-order valence-electron chi connectivity index (χ4n) is 20.0. The highest BCUT2D eigenvalue weighted by Crippen LogP contribution is 2.47. The summed E-state index contributed by atoms with van der Waals surface area (Å²) in [6.45, 7) is 0. The Hall–Kier alpha value is -19.1. The minimum absolute atomic E-state index is 0.879. The highest BCUT2D eigenvalue weighted by Gasteiger charge is 2.23. The maximum Gasteiger partial charge on any atom is 0.143 e. The van der Waals surface area contributed by atoms with Gasteiger partial charge >= 0.3 is 0 Å². The van der Waals surface area contributed by atoms with E-state index in [0.717, 1.165) is 178 Å². The second-order valence-electron chi connectivity index (χ2n) is 36.1. The van der Waals surface area contributed by atoms with Crippen LogP contribution < -0.4 is 14.7 Å². The molecule has 0 bridgehead atoms. The van der Waals surface area contributed by atoms with Gasteiger partial charge in [-0.25, -0.2) is 0 Å². The maximum absolute atomic E-state index is 6.70. The molecule has 144 heavy (non-hydrogen) atoms. The van der Waals surface area contributed by atoms with Crippen molar-refractivity contribution < 1.29 is 13.3 Å². The molecule has 26 rings (SSSR count). The summed E-state index contributed by atoms with van der Waals surface area (Å²) in [7, 11) is 0. The Bertz CT molecular complexity index is 8760. The fourth-order valence-corrected chi connectivity index (χ4v) is 20.0. The Balaban J connectivity index is 0.000000118. The third-order valence-electron chi connectivity index (χ3n) is 27.3. The molecule has 0 aliphatic rings. The van der Waals surface area contributed by atoms with Crippen molar-refractivity contribution in [2.75, 3.05) is 14.7 Å². The average Bonchev–Trinajstić information content (AvgIpc) is 1.68. The lowest BCUT2D eigenvalue weighted by Crippen LogP contribution is -2.09. The fraction of sp³-hybridized carbons (Fsp3) is 0. The van der Waals surface area contributed by atoms with Crippen molar-refractivity contribution >= 4 is 117 Å². The van der Waals surface area contributed by atoms with Gasteiger partial charge in [0.1, 0.15) is 33.5 Å². The third kappa shape index (κ3) is 18.1. The van der Waals surface area contributed by atoms with Gasteiger partial charge in [0.2, 0.25) is 0 Å². The van der Waals surface area contributed by atoms with E-state index in [1.54, 1.807) is 0 Å². The molecule has 3 aromatic heterocycles. The number of fused-ring (bicyclic) bond motifs is 9. The smallest absolute Gasteiger partial charge is 0.143 e. The molecule has 6 heteroatoms. The van der Waals surface area contributed by atoms with E-state index in [-0.39, 0.29) is 0 Å². The number of anilines is 9. The van der Waals surface area contributed by atoms with Crippen LogP contribution in [0.4, 0.5) is 51.2 Å². The summed E-state index contributed by atoms with van der Waals surface area (Å²) < 4.78 is 19.6. The molecular weight excluding hydrogens is 1750 g/mol. The van der Waals surface area contributed by atoms with Crippen molar-refractivity contribution in [3.8, 4) is 122 Å². The summed E-state index contributed by atoms with van der Waals surface area (Å²) in [5.41, 5.74) is 41.0. The molecule has 0 unspecified atom stereocenters. The van der Waals surface area contributed by atoms with E-state index in [1.165, 1.54) is 61.2 Å². The van der Waals surface area contributed by atoms with Gasteiger partial charge in [-0.1, -0.05) is 437 Å². The van der Waals surface area contributed by atoms with E-state index in [4.69, 9.17) is 13.3 Å². The Morgan fingerprint density at radius 2 is 0.312 bits per heavy atom. The van der Waals surface area contributed by atoms with Gasteiger partial charge in [0.05, 0.1) is 0 Å². The topological polar surface area (TPSA) is 49.1 Å². The Morgan fingerprint density at radius 3 is 0.646 bits per heavy atom. The summed E-state index contributed by atoms with van der Waals surface area (Å²) >= 11 is 0. The zero-order chi connectivity index (χ0) is 95.9. The van der Waals surface area contributed by atoms with Gasteiger partial charge in [0, 0.05) is 106 Å². The second-order valence-corrected chi connectivity index (χ2v) is 36.1. The average molecular weight is 1840 g/mol. The van der Waals surface area contributed by atoms with E-state index in [1.807, 2.05) is 30.3 Å². The predicted molar refractivity (Wildman–Crippen MR) is 605 cm³/mol. The number of hydrogen-bond acceptors (Lipinski definition) is 6. The first-order valence-electron chi connectivity index (χ1n) is 49.0. The molecule has 0 aliphatic carbocycles. The Morgan fingerprint density at radius 1 is 0.104 bits per heavy atom. The van der Waals surface area contributed by atoms with Gasteiger partial charge in [-0.05, 0) is 239 Å². The summed E-state index contributed by atoms with van der Waals surface area (Å²) in [5.74, 6) is 0. The molecule has 0 saturated carbocycles. The van der Waals surface area contributed by atoms with Gasteiger partial charge in [0.25, 0.3) is 0 Å². The molecule has 0 amide bonds. The molecule has 680 valence electrons. The van der Waals surface area contributed by atoms with Crippen molar-refractivity contribution in [2.45, 2.75) is 0 Å². The number of rotatable bonds is 20. The van der Waals surface area contributed by atoms with Crippen LogP contribution >= 0.6 is 0 Å². The van der Waals surface area contributed by atoms with Crippen LogP contribution in [0.2, 0.25) is 0 Å². The Kier molecular flexibility index (Phi) is 24.2. The minimum atomic E-state index is 0.879. The molecule has 0 saturated heterocycles. The SMILES string of the molecule is c1ccc(-c2ccc(N(c3ccc(-c4ccccc4)cc3)c3ccc(-c4ccc(-c5cccc6c5oc5c(-c7ccccc7)cccc56)cc4)cc3)cc2)cc1.c1ccc(-c2ccc(N(c3ccc(-c4ccccc4)cc3)c3ccc(-c4ccc5oc6c(-c7ccccc7)cccc6c5c4)cc3)cc2)cc1.c1ccc(-c2ccc(N(c3ccccc3)c3ccc4c(c3)oc3cc(-c5ccccc5)ccc34)cc2)cc1. The summed E-state index contributed by atoms with van der Waals surface area (Å²) in [4.78, 5) is 6.93. The van der Waals surface area contributed by atoms with Crippen LogP contribution in [0, 0.1) is 0 Å². The molecule has 3 heterocycles. The van der Waals surface area contributed by atoms with Crippen LogP contribution in [0.3, 0.4) is 0 Å². The summed E-state index contributed by atoms with van der Waals surface area (Å²) in [5, 5.41) is 6.76. The van der Waals surface area contributed by atoms with E-state index in [2.05, 4.69) is 561 Å². The highest BCUT2D eigenvalue weighted by atomic mass is 16.3. The quantitative estimate of drug-likeness (QED) is 0.0758. The Labute approximate surface area is 837 Å². The lowest BCUT2D eigenvalue weighted by atomic mass is 9.98. The molecule has 23 aromatic carbocycles. The molecule has 6 nitrogen and oxygen atoms in total. The van der Waals surface area contributed by atoms with Crippen molar-refractivity contribution in [1.29, 1.82) is 0 Å². The predicted octanol–water partition coefficient (Wildman–Crippen LogP) is 39.5. The van der Waals surface area contributed by atoms with Crippen molar-refractivity contribution in [3.05, 3.63) is 576 Å². The third-order valence-corrected chi connectivity index (χ3v) is 27.3. The molecule has 0 aliphatic heterocycles. The first-order chi connectivity index (χ1) is 71.4. The van der Waals surface area contributed by atoms with Crippen molar-refractivity contribution in [3.63, 3.8) is 0 Å². The zero-order valence-corrected chi connectivity index (χ0v) is 78.9. The molecule has 0 N–H and O–H groups in total. The van der Waals surface area contributed by atoms with Crippen LogP contribution in [0.25, 0.3) is 188 Å². The molecule has 0 atom stereocenters. The first kappa shape index (κ1) is 87.6. The van der Waals surface area contributed by atoms with Crippen LogP contribution in [-0.4, -0.2) is 0 Å². The molecule has 0 spiro atoms. The molecular formula is C138H95N3O3. The highest BCUT2D eigenvalue weighted by molar-refractivity contribution is 6.14. The molecule has 26 aromatic rings. The van der Waals surface area contributed by atoms with Crippen LogP contribution in [-0.2, 0) is 0 Å². The lowest BCUT2D eigenvalue weighted by molar-refractivity contribution is 0.669. The van der Waals surface area contributed by atoms with E-state index >= 15 is 0 Å². The van der Waals surface area contributed by atoms with E-state index in [9.17, 15) is 0 Å². The normalized spacial score (nSPS) is 11.2. The number of furan rings is 3. The van der Waals surface area contributed by atoms with Gasteiger partial charge in [-0.15, -0.1) is 0 Å². The summed E-state index contributed by atoms with van der Waals surface area (Å²) in [6.07, 6.45) is 0. The van der Waals surface area contributed by atoms with E-state index < -0.39 is 0 Å². The monoisotopic (exact) mass is 1840 g/mol. The second kappa shape index (κ2) is 39.8. The molecule has 0 fully saturated rings. The number of benzene rings is 23. The van der Waals surface area contributed by atoms with Crippen LogP contribution in [0.5, 0.6) is 0 Å². The van der Waals surface area contributed by atoms with Gasteiger partial charge in [-0.3, -0.25) is 0 Å². The van der Waals surface area contributed by atoms with Gasteiger partial charge in [0.15, 0.2) is 0 Å². The lowest BCUT2D eigenvalue weighted by Gasteiger charge is -2.26. The van der Waals surface area contributed by atoms with Gasteiger partial charge < -0.3 is 28.0 Å². The molecule has 0 radical (unpaired) electrons. The largest absolute Gasteiger partial charge is 0.456 e. The first-order valence-corrected chi connectivity index (χ1v) is 49.0. The minimum Gasteiger partial charge on any atom is -0.456 e. The van der Waals surface area contributed by atoms with Crippen LogP contribution in [0.1, 0.15) is 0 Å².